The van der Waals surface area contributed by atoms with E-state index in [1.54, 1.807) is 27.0 Å². The zero-order valence-corrected chi connectivity index (χ0v) is 16.3. The molecule has 6 nitrogen and oxygen atoms in total. The Balaban J connectivity index is 1.81. The number of hydrogen-bond acceptors (Lipinski definition) is 4. The standard InChI is InChI=1S/C19H24N2O4S/c1-11-7-13(3)18(26(20,23)24)9-16(11)19(22)21(4)10-14-5-6-17(25-14)15-8-12(15)2/h5-7,9,12,15H,8,10H2,1-4H3,(H2,20,23,24)/t12-,15-/m0/s1. The van der Waals surface area contributed by atoms with Crippen LogP contribution in [0.3, 0.4) is 0 Å². The summed E-state index contributed by atoms with van der Waals surface area (Å²) in [5.41, 5.74) is 1.56. The van der Waals surface area contributed by atoms with Crippen molar-refractivity contribution >= 4 is 15.9 Å². The van der Waals surface area contributed by atoms with E-state index in [0.29, 0.717) is 40.8 Å². The Morgan fingerprint density at radius 2 is 1.92 bits per heavy atom. The normalized spacial score (nSPS) is 19.4. The van der Waals surface area contributed by atoms with Crippen molar-refractivity contribution in [1.82, 2.24) is 4.90 Å². The number of nitrogens with zero attached hydrogens (tertiary/aromatic N) is 1. The molecule has 1 heterocycles. The van der Waals surface area contributed by atoms with E-state index in [-0.39, 0.29) is 10.8 Å². The third kappa shape index (κ3) is 3.68. The Morgan fingerprint density at radius 3 is 2.50 bits per heavy atom. The molecule has 3 rings (SSSR count). The van der Waals surface area contributed by atoms with Crippen molar-refractivity contribution < 1.29 is 17.6 Å². The number of carbonyl (C=O) groups is 1. The van der Waals surface area contributed by atoms with E-state index in [1.807, 2.05) is 12.1 Å². The molecule has 2 N–H and O–H groups in total. The van der Waals surface area contributed by atoms with Gasteiger partial charge in [0.2, 0.25) is 10.0 Å². The Morgan fingerprint density at radius 1 is 1.27 bits per heavy atom. The van der Waals surface area contributed by atoms with Crippen molar-refractivity contribution in [2.24, 2.45) is 11.1 Å². The number of benzene rings is 1. The molecule has 0 bridgehead atoms. The van der Waals surface area contributed by atoms with Crippen LogP contribution in [-0.2, 0) is 16.6 Å². The number of amides is 1. The quantitative estimate of drug-likeness (QED) is 0.868. The summed E-state index contributed by atoms with van der Waals surface area (Å²) in [6.45, 7) is 5.94. The van der Waals surface area contributed by atoms with Gasteiger partial charge in [0.15, 0.2) is 0 Å². The van der Waals surface area contributed by atoms with Crippen molar-refractivity contribution in [2.45, 2.75) is 44.6 Å². The van der Waals surface area contributed by atoms with E-state index in [9.17, 15) is 13.2 Å². The van der Waals surface area contributed by atoms with E-state index in [4.69, 9.17) is 9.56 Å². The first-order valence-electron chi connectivity index (χ1n) is 8.56. The van der Waals surface area contributed by atoms with E-state index in [0.717, 1.165) is 12.2 Å². The molecule has 1 saturated carbocycles. The highest BCUT2D eigenvalue weighted by atomic mass is 32.2. The fourth-order valence-electron chi connectivity index (χ4n) is 3.28. The maximum absolute atomic E-state index is 12.8. The summed E-state index contributed by atoms with van der Waals surface area (Å²) in [5, 5.41) is 5.26. The summed E-state index contributed by atoms with van der Waals surface area (Å²) < 4.78 is 29.3. The molecule has 1 amide bonds. The number of nitrogens with two attached hydrogens (primary N) is 1. The minimum Gasteiger partial charge on any atom is -0.464 e. The Kier molecular flexibility index (Phi) is 4.71. The molecule has 1 aliphatic carbocycles. The highest BCUT2D eigenvalue weighted by molar-refractivity contribution is 7.89. The maximum atomic E-state index is 12.8. The van der Waals surface area contributed by atoms with E-state index >= 15 is 0 Å². The lowest BCUT2D eigenvalue weighted by atomic mass is 10.0. The molecule has 0 spiro atoms. The first kappa shape index (κ1) is 18.7. The topological polar surface area (TPSA) is 93.6 Å². The van der Waals surface area contributed by atoms with Crippen LogP contribution in [0.5, 0.6) is 0 Å². The van der Waals surface area contributed by atoms with Gasteiger partial charge < -0.3 is 9.32 Å². The molecule has 0 radical (unpaired) electrons. The van der Waals surface area contributed by atoms with E-state index in [2.05, 4.69) is 6.92 Å². The molecule has 0 aliphatic heterocycles. The van der Waals surface area contributed by atoms with Crippen LogP contribution in [0.25, 0.3) is 0 Å². The number of hydrogen-bond donors (Lipinski definition) is 1. The third-order valence-electron chi connectivity index (χ3n) is 4.96. The van der Waals surface area contributed by atoms with Crippen molar-refractivity contribution in [3.63, 3.8) is 0 Å². The second-order valence-electron chi connectivity index (χ2n) is 7.26. The summed E-state index contributed by atoms with van der Waals surface area (Å²) in [5.74, 6) is 2.55. The first-order chi connectivity index (χ1) is 12.1. The van der Waals surface area contributed by atoms with Crippen LogP contribution in [0.2, 0.25) is 0 Å². The SMILES string of the molecule is Cc1cc(C)c(S(N)(=O)=O)cc1C(=O)N(C)Cc1ccc([C@H]2C[C@@H]2C)o1. The molecule has 1 aromatic carbocycles. The number of sulfonamides is 1. The number of aryl methyl sites for hydroxylation is 2. The largest absolute Gasteiger partial charge is 0.464 e. The lowest BCUT2D eigenvalue weighted by molar-refractivity contribution is 0.0774. The van der Waals surface area contributed by atoms with Crippen LogP contribution in [0.15, 0.2) is 33.6 Å². The molecule has 140 valence electrons. The molecule has 1 aliphatic rings. The molecular weight excluding hydrogens is 352 g/mol. The summed E-state index contributed by atoms with van der Waals surface area (Å²) >= 11 is 0. The molecule has 26 heavy (non-hydrogen) atoms. The van der Waals surface area contributed by atoms with Gasteiger partial charge in [0.25, 0.3) is 5.91 Å². The van der Waals surface area contributed by atoms with Gasteiger partial charge in [0.05, 0.1) is 11.4 Å². The van der Waals surface area contributed by atoms with Crippen LogP contribution in [0.1, 0.15) is 52.3 Å². The zero-order valence-electron chi connectivity index (χ0n) is 15.4. The van der Waals surface area contributed by atoms with Crippen LogP contribution >= 0.6 is 0 Å². The van der Waals surface area contributed by atoms with Crippen LogP contribution < -0.4 is 5.14 Å². The Bertz CT molecular complexity index is 962. The Hall–Kier alpha value is -2.12. The van der Waals surface area contributed by atoms with Crippen LogP contribution in [-0.4, -0.2) is 26.3 Å². The second kappa shape index (κ2) is 6.55. The van der Waals surface area contributed by atoms with Crippen molar-refractivity contribution in [1.29, 1.82) is 0 Å². The van der Waals surface area contributed by atoms with E-state index in [1.165, 1.54) is 11.0 Å². The molecule has 1 fully saturated rings. The van der Waals surface area contributed by atoms with Crippen LogP contribution in [0.4, 0.5) is 0 Å². The zero-order chi connectivity index (χ0) is 19.2. The number of primary sulfonamides is 1. The van der Waals surface area contributed by atoms with Crippen LogP contribution in [0, 0.1) is 19.8 Å². The molecule has 2 atom stereocenters. The minimum absolute atomic E-state index is 0.0251. The van der Waals surface area contributed by atoms with Gasteiger partial charge in [-0.15, -0.1) is 0 Å². The number of furan rings is 1. The van der Waals surface area contributed by atoms with Gasteiger partial charge in [-0.25, -0.2) is 13.6 Å². The molecule has 0 unspecified atom stereocenters. The average Bonchev–Trinajstić information content (AvgIpc) is 3.07. The average molecular weight is 376 g/mol. The molecule has 1 aromatic heterocycles. The second-order valence-corrected chi connectivity index (χ2v) is 8.79. The number of carbonyl (C=O) groups excluding carboxylic acids is 1. The summed E-state index contributed by atoms with van der Waals surface area (Å²) in [6, 6.07) is 6.89. The predicted molar refractivity (Wildman–Crippen MR) is 98.3 cm³/mol. The molecule has 7 heteroatoms. The monoisotopic (exact) mass is 376 g/mol. The van der Waals surface area contributed by atoms with Gasteiger partial charge >= 0.3 is 0 Å². The van der Waals surface area contributed by atoms with Gasteiger partial charge in [-0.2, -0.15) is 0 Å². The predicted octanol–water partition coefficient (Wildman–Crippen LogP) is 2.94. The fourth-order valence-corrected chi connectivity index (χ4v) is 4.07. The fraction of sp³-hybridized carbons (Fsp3) is 0.421. The lowest BCUT2D eigenvalue weighted by Crippen LogP contribution is -2.27. The van der Waals surface area contributed by atoms with Crippen molar-refractivity contribution in [3.8, 4) is 0 Å². The maximum Gasteiger partial charge on any atom is 0.254 e. The highest BCUT2D eigenvalue weighted by Crippen LogP contribution is 2.47. The first-order valence-corrected chi connectivity index (χ1v) is 10.1. The summed E-state index contributed by atoms with van der Waals surface area (Å²) in [6.07, 6.45) is 1.14. The van der Waals surface area contributed by atoms with Gasteiger partial charge in [0.1, 0.15) is 11.5 Å². The Labute approximate surface area is 154 Å². The number of rotatable bonds is 5. The third-order valence-corrected chi connectivity index (χ3v) is 6.01. The van der Waals surface area contributed by atoms with E-state index < -0.39 is 10.0 Å². The lowest BCUT2D eigenvalue weighted by Gasteiger charge is -2.18. The molecular formula is C19H24N2O4S. The van der Waals surface area contributed by atoms with Gasteiger partial charge in [0, 0.05) is 18.5 Å². The smallest absolute Gasteiger partial charge is 0.254 e. The van der Waals surface area contributed by atoms with Crippen molar-refractivity contribution in [3.05, 3.63) is 52.5 Å². The summed E-state index contributed by atoms with van der Waals surface area (Å²) in [7, 11) is -2.22. The summed E-state index contributed by atoms with van der Waals surface area (Å²) in [4.78, 5) is 14.3. The van der Waals surface area contributed by atoms with Gasteiger partial charge in [-0.3, -0.25) is 4.79 Å². The molecule has 0 saturated heterocycles. The van der Waals surface area contributed by atoms with Gasteiger partial charge in [-0.1, -0.05) is 13.0 Å². The minimum atomic E-state index is -3.88. The highest BCUT2D eigenvalue weighted by Gasteiger charge is 2.36. The molecule has 2 aromatic rings. The van der Waals surface area contributed by atoms with Gasteiger partial charge in [-0.05, 0) is 55.5 Å². The van der Waals surface area contributed by atoms with Crippen molar-refractivity contribution in [2.75, 3.05) is 7.05 Å².